The molecule has 0 N–H and O–H groups in total. The molecule has 0 bridgehead atoms. The summed E-state index contributed by atoms with van der Waals surface area (Å²) in [5.41, 5.74) is -1.93. The highest BCUT2D eigenvalue weighted by Gasteiger charge is 2.35. The number of nitrogens with zero attached hydrogens (tertiary/aromatic N) is 1. The van der Waals surface area contributed by atoms with E-state index in [0.717, 1.165) is 13.2 Å². The molecular formula is C11H7ClF3NO2. The summed E-state index contributed by atoms with van der Waals surface area (Å²) in [6.45, 7) is 0. The first-order valence-corrected chi connectivity index (χ1v) is 5.17. The number of methoxy groups -OCH3 is 1. The molecule has 0 radical (unpaired) electrons. The summed E-state index contributed by atoms with van der Waals surface area (Å²) in [6, 6.07) is 3.17. The predicted molar refractivity (Wildman–Crippen MR) is 57.1 cm³/mol. The lowest BCUT2D eigenvalue weighted by Gasteiger charge is -2.13. The SMILES string of the molecule is COC(=O)c1cc(C(F)(F)F)c(CCl)cc1C#N. The summed E-state index contributed by atoms with van der Waals surface area (Å²) < 4.78 is 42.5. The quantitative estimate of drug-likeness (QED) is 0.616. The number of rotatable bonds is 2. The Hall–Kier alpha value is -1.74. The van der Waals surface area contributed by atoms with Crippen molar-refractivity contribution in [1.29, 1.82) is 5.26 Å². The number of halogens is 4. The van der Waals surface area contributed by atoms with Crippen LogP contribution in [0.3, 0.4) is 0 Å². The first-order chi connectivity index (χ1) is 8.35. The lowest BCUT2D eigenvalue weighted by molar-refractivity contribution is -0.138. The summed E-state index contributed by atoms with van der Waals surface area (Å²) in [6.07, 6.45) is -4.65. The average Bonchev–Trinajstić information content (AvgIpc) is 2.34. The molecule has 0 heterocycles. The molecule has 0 aromatic heterocycles. The fraction of sp³-hybridized carbons (Fsp3) is 0.273. The molecule has 1 rings (SSSR count). The Balaban J connectivity index is 3.55. The highest BCUT2D eigenvalue weighted by molar-refractivity contribution is 6.17. The molecule has 0 spiro atoms. The third-order valence-corrected chi connectivity index (χ3v) is 2.51. The average molecular weight is 278 g/mol. The number of benzene rings is 1. The van der Waals surface area contributed by atoms with Crippen LogP contribution in [-0.2, 0) is 16.8 Å². The molecule has 3 nitrogen and oxygen atoms in total. The first-order valence-electron chi connectivity index (χ1n) is 4.63. The number of ether oxygens (including phenoxy) is 1. The number of carbonyl (C=O) groups is 1. The maximum absolute atomic E-state index is 12.7. The van der Waals surface area contributed by atoms with Crippen LogP contribution in [0.25, 0.3) is 0 Å². The molecule has 18 heavy (non-hydrogen) atoms. The van der Waals surface area contributed by atoms with Crippen molar-refractivity contribution in [3.8, 4) is 6.07 Å². The molecule has 7 heteroatoms. The molecular weight excluding hydrogens is 271 g/mol. The zero-order valence-corrected chi connectivity index (χ0v) is 9.89. The van der Waals surface area contributed by atoms with Gasteiger partial charge in [-0.05, 0) is 17.7 Å². The monoisotopic (exact) mass is 277 g/mol. The second-order valence-electron chi connectivity index (χ2n) is 3.29. The van der Waals surface area contributed by atoms with E-state index in [-0.39, 0.29) is 11.1 Å². The smallest absolute Gasteiger partial charge is 0.416 e. The van der Waals surface area contributed by atoms with Gasteiger partial charge < -0.3 is 4.74 Å². The highest BCUT2D eigenvalue weighted by Crippen LogP contribution is 2.34. The van der Waals surface area contributed by atoms with E-state index in [9.17, 15) is 18.0 Å². The van der Waals surface area contributed by atoms with Gasteiger partial charge in [-0.1, -0.05) is 0 Å². The Labute approximate surface area is 106 Å². The van der Waals surface area contributed by atoms with Crippen LogP contribution in [0.1, 0.15) is 27.0 Å². The van der Waals surface area contributed by atoms with E-state index in [1.165, 1.54) is 0 Å². The Morgan fingerprint density at radius 1 is 1.50 bits per heavy atom. The van der Waals surface area contributed by atoms with Crippen molar-refractivity contribution < 1.29 is 22.7 Å². The molecule has 0 aliphatic carbocycles. The van der Waals surface area contributed by atoms with Gasteiger partial charge in [0.2, 0.25) is 0 Å². The minimum absolute atomic E-state index is 0.203. The van der Waals surface area contributed by atoms with Crippen molar-refractivity contribution in [2.45, 2.75) is 12.1 Å². The largest absolute Gasteiger partial charge is 0.465 e. The topological polar surface area (TPSA) is 50.1 Å². The van der Waals surface area contributed by atoms with Crippen molar-refractivity contribution in [2.75, 3.05) is 7.11 Å². The molecule has 0 saturated heterocycles. The Kier molecular flexibility index (Phi) is 4.19. The number of hydrogen-bond donors (Lipinski definition) is 0. The van der Waals surface area contributed by atoms with Gasteiger partial charge in [-0.25, -0.2) is 4.79 Å². The van der Waals surface area contributed by atoms with E-state index >= 15 is 0 Å². The molecule has 1 aromatic carbocycles. The highest BCUT2D eigenvalue weighted by atomic mass is 35.5. The van der Waals surface area contributed by atoms with Crippen molar-refractivity contribution in [2.24, 2.45) is 0 Å². The number of alkyl halides is 4. The van der Waals surface area contributed by atoms with Crippen LogP contribution in [0.5, 0.6) is 0 Å². The lowest BCUT2D eigenvalue weighted by Crippen LogP contribution is -2.13. The fourth-order valence-corrected chi connectivity index (χ4v) is 1.61. The maximum Gasteiger partial charge on any atom is 0.416 e. The van der Waals surface area contributed by atoms with Crippen LogP contribution >= 0.6 is 11.6 Å². The van der Waals surface area contributed by atoms with Crippen molar-refractivity contribution in [1.82, 2.24) is 0 Å². The standard InChI is InChI=1S/C11H7ClF3NO2/c1-18-10(17)8-3-9(11(13,14)15)6(4-12)2-7(8)5-16/h2-3H,4H2,1H3. The Morgan fingerprint density at radius 3 is 2.50 bits per heavy atom. The van der Waals surface area contributed by atoms with Crippen LogP contribution < -0.4 is 0 Å². The van der Waals surface area contributed by atoms with E-state index in [4.69, 9.17) is 16.9 Å². The second-order valence-corrected chi connectivity index (χ2v) is 3.56. The summed E-state index contributed by atoms with van der Waals surface area (Å²) in [4.78, 5) is 11.3. The summed E-state index contributed by atoms with van der Waals surface area (Å²) in [5.74, 6) is -1.41. The minimum atomic E-state index is -4.65. The predicted octanol–water partition coefficient (Wildman–Crippen LogP) is 3.10. The minimum Gasteiger partial charge on any atom is -0.465 e. The molecule has 0 fully saturated rings. The Morgan fingerprint density at radius 2 is 2.11 bits per heavy atom. The third-order valence-electron chi connectivity index (χ3n) is 2.22. The second kappa shape index (κ2) is 5.27. The Bertz CT molecular complexity index is 520. The van der Waals surface area contributed by atoms with E-state index < -0.39 is 29.2 Å². The van der Waals surface area contributed by atoms with Crippen LogP contribution in [0.2, 0.25) is 0 Å². The van der Waals surface area contributed by atoms with E-state index in [1.807, 2.05) is 0 Å². The molecule has 0 atom stereocenters. The molecule has 0 saturated carbocycles. The van der Waals surface area contributed by atoms with Gasteiger partial charge in [0.1, 0.15) is 6.07 Å². The molecule has 0 aliphatic heterocycles. The van der Waals surface area contributed by atoms with Crippen LogP contribution in [0.15, 0.2) is 12.1 Å². The van der Waals surface area contributed by atoms with Gasteiger partial charge in [0.05, 0.1) is 23.8 Å². The fourth-order valence-electron chi connectivity index (χ4n) is 1.39. The molecule has 1 aromatic rings. The van der Waals surface area contributed by atoms with Gasteiger partial charge in [0, 0.05) is 5.88 Å². The van der Waals surface area contributed by atoms with Gasteiger partial charge in [0.25, 0.3) is 0 Å². The van der Waals surface area contributed by atoms with Gasteiger partial charge in [-0.3, -0.25) is 0 Å². The number of esters is 1. The van der Waals surface area contributed by atoms with Crippen molar-refractivity contribution in [3.05, 3.63) is 34.4 Å². The van der Waals surface area contributed by atoms with Crippen molar-refractivity contribution >= 4 is 17.6 Å². The first kappa shape index (κ1) is 14.3. The zero-order chi connectivity index (χ0) is 13.9. The lowest BCUT2D eigenvalue weighted by atomic mass is 9.99. The zero-order valence-electron chi connectivity index (χ0n) is 9.14. The summed E-state index contributed by atoms with van der Waals surface area (Å²) in [5, 5.41) is 8.79. The summed E-state index contributed by atoms with van der Waals surface area (Å²) in [7, 11) is 1.02. The van der Waals surface area contributed by atoms with Gasteiger partial charge in [0.15, 0.2) is 0 Å². The third kappa shape index (κ3) is 2.74. The van der Waals surface area contributed by atoms with E-state index in [1.54, 1.807) is 6.07 Å². The van der Waals surface area contributed by atoms with Crippen molar-refractivity contribution in [3.63, 3.8) is 0 Å². The summed E-state index contributed by atoms with van der Waals surface area (Å²) >= 11 is 5.41. The maximum atomic E-state index is 12.7. The molecule has 0 unspecified atom stereocenters. The van der Waals surface area contributed by atoms with Crippen LogP contribution in [0.4, 0.5) is 13.2 Å². The van der Waals surface area contributed by atoms with Crippen LogP contribution in [-0.4, -0.2) is 13.1 Å². The van der Waals surface area contributed by atoms with Crippen LogP contribution in [0, 0.1) is 11.3 Å². The van der Waals surface area contributed by atoms with E-state index in [0.29, 0.717) is 6.07 Å². The number of carbonyl (C=O) groups excluding carboxylic acids is 1. The molecule has 0 amide bonds. The van der Waals surface area contributed by atoms with Gasteiger partial charge >= 0.3 is 12.1 Å². The van der Waals surface area contributed by atoms with Gasteiger partial charge in [-0.2, -0.15) is 18.4 Å². The normalized spacial score (nSPS) is 10.9. The van der Waals surface area contributed by atoms with Gasteiger partial charge in [-0.15, -0.1) is 11.6 Å². The molecule has 96 valence electrons. The number of nitriles is 1. The molecule has 0 aliphatic rings. The number of hydrogen-bond acceptors (Lipinski definition) is 3. The van der Waals surface area contributed by atoms with E-state index in [2.05, 4.69) is 4.74 Å².